The Kier molecular flexibility index (Phi) is 8.97. The van der Waals surface area contributed by atoms with Gasteiger partial charge in [0, 0.05) is 0 Å². The summed E-state index contributed by atoms with van der Waals surface area (Å²) in [4.78, 5) is 17.9. The van der Waals surface area contributed by atoms with Crippen molar-refractivity contribution in [2.45, 2.75) is 13.8 Å². The minimum atomic E-state index is -4.47. The van der Waals surface area contributed by atoms with Crippen LogP contribution in [0.4, 0.5) is 0 Å². The van der Waals surface area contributed by atoms with E-state index in [1.54, 1.807) is 13.8 Å². The quantitative estimate of drug-likeness (QED) is 0.385. The molecular formula is C4H10KO4P. The molecule has 0 aliphatic carbocycles. The summed E-state index contributed by atoms with van der Waals surface area (Å²) < 4.78 is 13.9. The molecule has 0 amide bonds. The first-order chi connectivity index (χ1) is 3.92. The number of phosphoric acid groups is 1. The fourth-order valence-corrected chi connectivity index (χ4v) is 0.730. The Balaban J connectivity index is 0. The van der Waals surface area contributed by atoms with Crippen LogP contribution in [0.5, 0.6) is 0 Å². The van der Waals surface area contributed by atoms with E-state index in [0.29, 0.717) is 0 Å². The SMILES string of the molecule is CC(C)COP(=O)([O-])O.[K+]. The summed E-state index contributed by atoms with van der Waals surface area (Å²) in [5, 5.41) is 0. The Morgan fingerprint density at radius 3 is 2.20 bits per heavy atom. The van der Waals surface area contributed by atoms with E-state index in [0.717, 1.165) is 0 Å². The molecule has 0 aliphatic heterocycles. The van der Waals surface area contributed by atoms with Crippen molar-refractivity contribution in [2.24, 2.45) is 5.92 Å². The summed E-state index contributed by atoms with van der Waals surface area (Å²) in [6.45, 7) is 3.61. The molecule has 1 atom stereocenters. The average molecular weight is 192 g/mol. The van der Waals surface area contributed by atoms with E-state index in [9.17, 15) is 9.46 Å². The summed E-state index contributed by atoms with van der Waals surface area (Å²) in [5.41, 5.74) is 0. The molecule has 10 heavy (non-hydrogen) atoms. The largest absolute Gasteiger partial charge is 1.00 e. The van der Waals surface area contributed by atoms with Gasteiger partial charge in [0.1, 0.15) is 0 Å². The summed E-state index contributed by atoms with van der Waals surface area (Å²) in [6.07, 6.45) is 0. The van der Waals surface area contributed by atoms with Gasteiger partial charge >= 0.3 is 51.4 Å². The molecule has 1 unspecified atom stereocenters. The molecule has 0 saturated carbocycles. The number of hydrogen-bond donors (Lipinski definition) is 1. The molecule has 0 fully saturated rings. The third kappa shape index (κ3) is 12.4. The van der Waals surface area contributed by atoms with Crippen molar-refractivity contribution in [2.75, 3.05) is 6.61 Å². The van der Waals surface area contributed by atoms with E-state index in [-0.39, 0.29) is 63.9 Å². The first kappa shape index (κ1) is 14.3. The molecule has 6 heteroatoms. The molecule has 56 valence electrons. The minimum Gasteiger partial charge on any atom is -0.756 e. The number of phosphoric ester groups is 1. The first-order valence-corrected chi connectivity index (χ1v) is 4.09. The second kappa shape index (κ2) is 6.28. The molecule has 0 heterocycles. The third-order valence-electron chi connectivity index (χ3n) is 0.571. The Hall–Kier alpha value is 1.75. The van der Waals surface area contributed by atoms with Crippen molar-refractivity contribution in [1.82, 2.24) is 0 Å². The molecular weight excluding hydrogens is 182 g/mol. The predicted molar refractivity (Wildman–Crippen MR) is 30.6 cm³/mol. The average Bonchev–Trinajstić information content (AvgIpc) is 1.59. The van der Waals surface area contributed by atoms with Crippen LogP contribution in [0.3, 0.4) is 0 Å². The molecule has 4 nitrogen and oxygen atoms in total. The van der Waals surface area contributed by atoms with Crippen molar-refractivity contribution in [3.63, 3.8) is 0 Å². The third-order valence-corrected chi connectivity index (χ3v) is 1.05. The summed E-state index contributed by atoms with van der Waals surface area (Å²) in [7, 11) is -4.47. The smallest absolute Gasteiger partial charge is 0.756 e. The van der Waals surface area contributed by atoms with Crippen molar-refractivity contribution >= 4 is 7.82 Å². The second-order valence-corrected chi connectivity index (χ2v) is 3.35. The van der Waals surface area contributed by atoms with Crippen LogP contribution in [-0.4, -0.2) is 11.5 Å². The molecule has 0 radical (unpaired) electrons. The zero-order chi connectivity index (χ0) is 7.49. The maximum Gasteiger partial charge on any atom is 1.00 e. The normalized spacial score (nSPS) is 16.1. The van der Waals surface area contributed by atoms with Crippen molar-refractivity contribution in [1.29, 1.82) is 0 Å². The molecule has 0 saturated heterocycles. The summed E-state index contributed by atoms with van der Waals surface area (Å²) in [6, 6.07) is 0. The van der Waals surface area contributed by atoms with Gasteiger partial charge < -0.3 is 14.3 Å². The van der Waals surface area contributed by atoms with Gasteiger partial charge in [-0.15, -0.1) is 0 Å². The van der Waals surface area contributed by atoms with Gasteiger partial charge in [-0.2, -0.15) is 0 Å². The van der Waals surface area contributed by atoms with Crippen LogP contribution in [0.25, 0.3) is 0 Å². The Bertz CT molecular complexity index is 120. The minimum absolute atomic E-state index is 0. The Morgan fingerprint density at radius 2 is 2.10 bits per heavy atom. The number of rotatable bonds is 3. The zero-order valence-corrected chi connectivity index (χ0v) is 10.4. The van der Waals surface area contributed by atoms with E-state index < -0.39 is 7.82 Å². The van der Waals surface area contributed by atoms with Crippen LogP contribution in [0.1, 0.15) is 13.8 Å². The van der Waals surface area contributed by atoms with Crippen LogP contribution in [0.15, 0.2) is 0 Å². The standard InChI is InChI=1S/C4H11O4P.K/c1-4(2)3-8-9(5,6)7;/h4H,3H2,1-2H3,(H2,5,6,7);/q;+1/p-1. The molecule has 0 aromatic carbocycles. The van der Waals surface area contributed by atoms with Gasteiger partial charge in [-0.05, 0) is 5.92 Å². The first-order valence-electron chi connectivity index (χ1n) is 2.60. The van der Waals surface area contributed by atoms with Gasteiger partial charge in [-0.1, -0.05) is 13.8 Å². The monoisotopic (exact) mass is 192 g/mol. The fourth-order valence-electron chi connectivity index (χ4n) is 0.243. The van der Waals surface area contributed by atoms with Gasteiger partial charge in [0.05, 0.1) is 6.61 Å². The van der Waals surface area contributed by atoms with Crippen molar-refractivity contribution < 1.29 is 70.3 Å². The van der Waals surface area contributed by atoms with Crippen LogP contribution in [-0.2, 0) is 9.09 Å². The van der Waals surface area contributed by atoms with Crippen molar-refractivity contribution in [3.8, 4) is 0 Å². The van der Waals surface area contributed by atoms with E-state index in [1.807, 2.05) is 0 Å². The van der Waals surface area contributed by atoms with E-state index >= 15 is 0 Å². The topological polar surface area (TPSA) is 69.6 Å². The molecule has 0 bridgehead atoms. The van der Waals surface area contributed by atoms with Crippen LogP contribution < -0.4 is 56.3 Å². The molecule has 0 spiro atoms. The Labute approximate surface area is 103 Å². The maximum atomic E-state index is 9.90. The molecule has 0 aliphatic rings. The second-order valence-electron chi connectivity index (χ2n) is 2.16. The van der Waals surface area contributed by atoms with E-state index in [4.69, 9.17) is 4.89 Å². The molecule has 0 aromatic rings. The summed E-state index contributed by atoms with van der Waals surface area (Å²) in [5.74, 6) is 0.111. The predicted octanol–water partition coefficient (Wildman–Crippen LogP) is -2.88. The van der Waals surface area contributed by atoms with Crippen LogP contribution in [0.2, 0.25) is 0 Å². The molecule has 0 aromatic heterocycles. The Morgan fingerprint density at radius 1 is 1.70 bits per heavy atom. The van der Waals surface area contributed by atoms with Gasteiger partial charge in [0.25, 0.3) is 7.82 Å². The number of hydrogen-bond acceptors (Lipinski definition) is 3. The summed E-state index contributed by atoms with van der Waals surface area (Å²) >= 11 is 0. The zero-order valence-electron chi connectivity index (χ0n) is 6.40. The van der Waals surface area contributed by atoms with Crippen LogP contribution in [0, 0.1) is 5.92 Å². The fraction of sp³-hybridized carbons (Fsp3) is 1.00. The van der Waals surface area contributed by atoms with Gasteiger partial charge in [0.15, 0.2) is 0 Å². The van der Waals surface area contributed by atoms with E-state index in [2.05, 4.69) is 4.52 Å². The van der Waals surface area contributed by atoms with Gasteiger partial charge in [-0.3, -0.25) is 4.57 Å². The van der Waals surface area contributed by atoms with Gasteiger partial charge in [0.2, 0.25) is 0 Å². The van der Waals surface area contributed by atoms with Crippen molar-refractivity contribution in [3.05, 3.63) is 0 Å². The van der Waals surface area contributed by atoms with Gasteiger partial charge in [-0.25, -0.2) is 0 Å². The van der Waals surface area contributed by atoms with E-state index in [1.165, 1.54) is 0 Å². The molecule has 1 N–H and O–H groups in total. The molecule has 0 rings (SSSR count). The van der Waals surface area contributed by atoms with Crippen LogP contribution >= 0.6 is 7.82 Å². The maximum absolute atomic E-state index is 9.90.